The molecule has 76 valence electrons. The molecule has 0 aliphatic carbocycles. The van der Waals surface area contributed by atoms with Gasteiger partial charge in [-0.15, -0.1) is 0 Å². The highest BCUT2D eigenvalue weighted by molar-refractivity contribution is 5.75. The van der Waals surface area contributed by atoms with Crippen LogP contribution in [0.5, 0.6) is 0 Å². The fraction of sp³-hybridized carbons (Fsp3) is 0.222. The molecule has 5 heteroatoms. The van der Waals surface area contributed by atoms with E-state index in [1.165, 1.54) is 6.07 Å². The van der Waals surface area contributed by atoms with Crippen molar-refractivity contribution in [3.8, 4) is 0 Å². The van der Waals surface area contributed by atoms with E-state index in [9.17, 15) is 9.18 Å². The van der Waals surface area contributed by atoms with Gasteiger partial charge >= 0.3 is 5.97 Å². The number of hydrogen-bond acceptors (Lipinski definition) is 3. The molecule has 0 bridgehead atoms. The van der Waals surface area contributed by atoms with Gasteiger partial charge in [0.1, 0.15) is 11.9 Å². The van der Waals surface area contributed by atoms with Crippen LogP contribution in [0.1, 0.15) is 17.2 Å². The smallest absolute Gasteiger partial charge is 0.325 e. The van der Waals surface area contributed by atoms with Crippen LogP contribution in [0.25, 0.3) is 0 Å². The maximum Gasteiger partial charge on any atom is 0.325 e. The maximum absolute atomic E-state index is 13.2. The summed E-state index contributed by atoms with van der Waals surface area (Å²) in [5.74, 6) is -1.96. The summed E-state index contributed by atoms with van der Waals surface area (Å²) in [6.07, 6.45) is 0. The molecule has 1 aromatic rings. The van der Waals surface area contributed by atoms with Crippen LogP contribution in [-0.4, -0.2) is 11.1 Å². The second-order valence-corrected chi connectivity index (χ2v) is 3.05. The quantitative estimate of drug-likeness (QED) is 0.613. The molecule has 0 saturated heterocycles. The second-order valence-electron chi connectivity index (χ2n) is 3.05. The van der Waals surface area contributed by atoms with Crippen molar-refractivity contribution < 1.29 is 14.3 Å². The van der Waals surface area contributed by atoms with Crippen molar-refractivity contribution in [1.82, 2.24) is 0 Å². The zero-order chi connectivity index (χ0) is 10.9. The average molecular weight is 198 g/mol. The molecule has 0 radical (unpaired) electrons. The lowest BCUT2D eigenvalue weighted by Gasteiger charge is -2.10. The Bertz CT molecular complexity index is 379. The number of anilines is 1. The molecule has 0 aliphatic heterocycles. The van der Waals surface area contributed by atoms with Crippen molar-refractivity contribution in [1.29, 1.82) is 0 Å². The molecule has 0 aromatic heterocycles. The van der Waals surface area contributed by atoms with Gasteiger partial charge in [-0.25, -0.2) is 4.39 Å². The lowest BCUT2D eigenvalue weighted by molar-refractivity contribution is -0.138. The second kappa shape index (κ2) is 3.63. The molecule has 0 spiro atoms. The monoisotopic (exact) mass is 198 g/mol. The van der Waals surface area contributed by atoms with E-state index in [0.717, 1.165) is 6.07 Å². The third-order valence-electron chi connectivity index (χ3n) is 1.99. The van der Waals surface area contributed by atoms with Crippen LogP contribution in [0.15, 0.2) is 12.1 Å². The summed E-state index contributed by atoms with van der Waals surface area (Å²) < 4.78 is 13.2. The Kier molecular flexibility index (Phi) is 2.71. The SMILES string of the molecule is Cc1cc([C@@H](N)C(=O)O)c(F)cc1N. The van der Waals surface area contributed by atoms with Gasteiger partial charge in [-0.05, 0) is 24.6 Å². The number of carbonyl (C=O) groups is 1. The number of aliphatic carboxylic acids is 1. The van der Waals surface area contributed by atoms with Crippen molar-refractivity contribution in [3.63, 3.8) is 0 Å². The zero-order valence-corrected chi connectivity index (χ0v) is 7.62. The molecular formula is C9H11FN2O2. The molecule has 14 heavy (non-hydrogen) atoms. The maximum atomic E-state index is 13.2. The van der Waals surface area contributed by atoms with E-state index >= 15 is 0 Å². The van der Waals surface area contributed by atoms with Crippen LogP contribution in [0.2, 0.25) is 0 Å². The fourth-order valence-electron chi connectivity index (χ4n) is 1.09. The number of nitrogen functional groups attached to an aromatic ring is 1. The Labute approximate surface area is 80.3 Å². The van der Waals surface area contributed by atoms with E-state index < -0.39 is 17.8 Å². The van der Waals surface area contributed by atoms with Crippen LogP contribution in [0.4, 0.5) is 10.1 Å². The van der Waals surface area contributed by atoms with Crippen molar-refractivity contribution in [3.05, 3.63) is 29.1 Å². The van der Waals surface area contributed by atoms with E-state index in [2.05, 4.69) is 0 Å². The van der Waals surface area contributed by atoms with Gasteiger partial charge in [0.05, 0.1) is 0 Å². The lowest BCUT2D eigenvalue weighted by atomic mass is 10.0. The molecule has 0 saturated carbocycles. The average Bonchev–Trinajstić information content (AvgIpc) is 2.10. The molecule has 0 amide bonds. The molecule has 0 fully saturated rings. The van der Waals surface area contributed by atoms with Gasteiger partial charge in [0.15, 0.2) is 0 Å². The molecule has 1 aromatic carbocycles. The number of carboxylic acid groups (broad SMARTS) is 1. The fourth-order valence-corrected chi connectivity index (χ4v) is 1.09. The Balaban J connectivity index is 3.22. The Morgan fingerprint density at radius 2 is 2.14 bits per heavy atom. The van der Waals surface area contributed by atoms with Crippen molar-refractivity contribution in [2.24, 2.45) is 5.73 Å². The number of hydrogen-bond donors (Lipinski definition) is 3. The van der Waals surface area contributed by atoms with Crippen LogP contribution >= 0.6 is 0 Å². The first-order chi connectivity index (χ1) is 6.43. The van der Waals surface area contributed by atoms with Crippen molar-refractivity contribution in [2.45, 2.75) is 13.0 Å². The van der Waals surface area contributed by atoms with Crippen LogP contribution in [0, 0.1) is 12.7 Å². The highest BCUT2D eigenvalue weighted by atomic mass is 19.1. The largest absolute Gasteiger partial charge is 0.480 e. The third kappa shape index (κ3) is 1.82. The molecular weight excluding hydrogens is 187 g/mol. The highest BCUT2D eigenvalue weighted by Gasteiger charge is 2.19. The van der Waals surface area contributed by atoms with E-state index in [1.54, 1.807) is 6.92 Å². The lowest BCUT2D eigenvalue weighted by Crippen LogP contribution is -2.22. The predicted molar refractivity (Wildman–Crippen MR) is 50.1 cm³/mol. The molecule has 0 heterocycles. The van der Waals surface area contributed by atoms with Crippen molar-refractivity contribution in [2.75, 3.05) is 5.73 Å². The molecule has 1 rings (SSSR count). The molecule has 5 N–H and O–H groups in total. The predicted octanol–water partition coefficient (Wildman–Crippen LogP) is 0.801. The Morgan fingerprint density at radius 1 is 1.57 bits per heavy atom. The standard InChI is InChI=1S/C9H11FN2O2/c1-4-2-5(8(12)9(13)14)6(10)3-7(4)11/h2-3,8H,11-12H2,1H3,(H,13,14)/t8-/m1/s1. The van der Waals surface area contributed by atoms with Gasteiger partial charge in [-0.2, -0.15) is 0 Å². The zero-order valence-electron chi connectivity index (χ0n) is 7.62. The summed E-state index contributed by atoms with van der Waals surface area (Å²) in [6.45, 7) is 1.66. The van der Waals surface area contributed by atoms with Gasteiger partial charge < -0.3 is 16.6 Å². The van der Waals surface area contributed by atoms with Gasteiger partial charge in [0.25, 0.3) is 0 Å². The first-order valence-corrected chi connectivity index (χ1v) is 3.97. The molecule has 1 atom stereocenters. The van der Waals surface area contributed by atoms with E-state index in [1.807, 2.05) is 0 Å². The van der Waals surface area contributed by atoms with Gasteiger partial charge in [0.2, 0.25) is 0 Å². The van der Waals surface area contributed by atoms with Crippen molar-refractivity contribution >= 4 is 11.7 Å². The normalized spacial score (nSPS) is 12.5. The topological polar surface area (TPSA) is 89.3 Å². The summed E-state index contributed by atoms with van der Waals surface area (Å²) >= 11 is 0. The minimum absolute atomic E-state index is 0.0517. The third-order valence-corrected chi connectivity index (χ3v) is 1.99. The van der Waals surface area contributed by atoms with E-state index in [-0.39, 0.29) is 11.3 Å². The number of carboxylic acids is 1. The number of rotatable bonds is 2. The van der Waals surface area contributed by atoms with Gasteiger partial charge in [0, 0.05) is 11.3 Å². The Hall–Kier alpha value is -1.62. The van der Waals surface area contributed by atoms with Crippen LogP contribution in [-0.2, 0) is 4.79 Å². The summed E-state index contributed by atoms with van der Waals surface area (Å²) in [5.41, 5.74) is 11.6. The van der Waals surface area contributed by atoms with E-state index in [4.69, 9.17) is 16.6 Å². The minimum atomic E-state index is -1.35. The minimum Gasteiger partial charge on any atom is -0.480 e. The molecule has 0 aliphatic rings. The number of benzene rings is 1. The summed E-state index contributed by atoms with van der Waals surface area (Å²) in [7, 11) is 0. The van der Waals surface area contributed by atoms with Crippen LogP contribution in [0.3, 0.4) is 0 Å². The van der Waals surface area contributed by atoms with Gasteiger partial charge in [-0.3, -0.25) is 4.79 Å². The molecule has 0 unspecified atom stereocenters. The first-order valence-electron chi connectivity index (χ1n) is 3.97. The summed E-state index contributed by atoms with van der Waals surface area (Å²) in [5, 5.41) is 8.60. The number of aryl methyl sites for hydroxylation is 1. The number of nitrogens with two attached hydrogens (primary N) is 2. The Morgan fingerprint density at radius 3 is 2.64 bits per heavy atom. The first kappa shape index (κ1) is 10.5. The van der Waals surface area contributed by atoms with Crippen LogP contribution < -0.4 is 11.5 Å². The highest BCUT2D eigenvalue weighted by Crippen LogP contribution is 2.21. The van der Waals surface area contributed by atoms with E-state index in [0.29, 0.717) is 5.56 Å². The van der Waals surface area contributed by atoms with Gasteiger partial charge in [-0.1, -0.05) is 0 Å². The summed E-state index contributed by atoms with van der Waals surface area (Å²) in [4.78, 5) is 10.5. The number of halogens is 1. The summed E-state index contributed by atoms with van der Waals surface area (Å²) in [6, 6.07) is 1.08. The molecule has 4 nitrogen and oxygen atoms in total.